The summed E-state index contributed by atoms with van der Waals surface area (Å²) < 4.78 is 0. The number of nitrogens with two attached hydrogens (primary N) is 1. The zero-order chi connectivity index (χ0) is 16.7. The van der Waals surface area contributed by atoms with Crippen LogP contribution in [0.1, 0.15) is 36.5 Å². The fraction of sp³-hybridized carbons (Fsp3) is 0.529. The van der Waals surface area contributed by atoms with Crippen LogP contribution in [0.3, 0.4) is 0 Å². The topological polar surface area (TPSA) is 75.4 Å². The summed E-state index contributed by atoms with van der Waals surface area (Å²) >= 11 is 1.43. The van der Waals surface area contributed by atoms with Crippen LogP contribution in [0.25, 0.3) is 0 Å². The van der Waals surface area contributed by atoms with Crippen molar-refractivity contribution in [1.82, 2.24) is 10.2 Å². The molecule has 0 radical (unpaired) electrons. The predicted octanol–water partition coefficient (Wildman–Crippen LogP) is 2.29. The molecule has 0 saturated carbocycles. The first-order valence-corrected chi connectivity index (χ1v) is 9.10. The number of carbonyl (C=O) groups excluding carboxylic acids is 2. The molecule has 5 nitrogen and oxygen atoms in total. The summed E-state index contributed by atoms with van der Waals surface area (Å²) in [5.74, 6) is 0.423. The molecule has 134 valence electrons. The average Bonchev–Trinajstić information content (AvgIpc) is 3.07. The fourth-order valence-corrected chi connectivity index (χ4v) is 3.44. The Hall–Kier alpha value is -1.24. The Morgan fingerprint density at radius 2 is 1.96 bits per heavy atom. The summed E-state index contributed by atoms with van der Waals surface area (Å²) in [5, 5.41) is 2.89. The van der Waals surface area contributed by atoms with E-state index in [1.54, 1.807) is 6.07 Å². The van der Waals surface area contributed by atoms with Gasteiger partial charge in [-0.05, 0) is 38.3 Å². The lowest BCUT2D eigenvalue weighted by atomic mass is 10.2. The van der Waals surface area contributed by atoms with Gasteiger partial charge in [-0.1, -0.05) is 12.1 Å². The van der Waals surface area contributed by atoms with Crippen molar-refractivity contribution in [3.8, 4) is 0 Å². The minimum Gasteiger partial charge on any atom is -0.352 e. The number of amides is 2. The third kappa shape index (κ3) is 6.34. The van der Waals surface area contributed by atoms with Crippen LogP contribution >= 0.6 is 24.2 Å². The molecule has 24 heavy (non-hydrogen) atoms. The quantitative estimate of drug-likeness (QED) is 0.721. The highest BCUT2D eigenvalue weighted by atomic mass is 35.5. The molecule has 1 fully saturated rings. The van der Waals surface area contributed by atoms with Crippen molar-refractivity contribution in [3.63, 3.8) is 0 Å². The number of carbonyl (C=O) groups is 2. The summed E-state index contributed by atoms with van der Waals surface area (Å²) in [7, 11) is 0. The van der Waals surface area contributed by atoms with Gasteiger partial charge in [-0.25, -0.2) is 0 Å². The van der Waals surface area contributed by atoms with Gasteiger partial charge in [0, 0.05) is 30.6 Å². The van der Waals surface area contributed by atoms with E-state index in [-0.39, 0.29) is 30.3 Å². The van der Waals surface area contributed by atoms with Gasteiger partial charge in [0.05, 0.1) is 11.3 Å². The highest BCUT2D eigenvalue weighted by molar-refractivity contribution is 8.00. The van der Waals surface area contributed by atoms with E-state index in [0.717, 1.165) is 37.2 Å². The van der Waals surface area contributed by atoms with Crippen molar-refractivity contribution in [2.24, 2.45) is 5.73 Å². The Morgan fingerprint density at radius 3 is 2.62 bits per heavy atom. The molecule has 1 aliphatic heterocycles. The van der Waals surface area contributed by atoms with E-state index in [1.807, 2.05) is 30.0 Å². The fourth-order valence-electron chi connectivity index (χ4n) is 2.49. The van der Waals surface area contributed by atoms with E-state index in [4.69, 9.17) is 5.73 Å². The van der Waals surface area contributed by atoms with Crippen molar-refractivity contribution in [1.29, 1.82) is 0 Å². The number of thioether (sulfide) groups is 1. The van der Waals surface area contributed by atoms with Crippen LogP contribution in [0.15, 0.2) is 29.2 Å². The molecule has 1 aromatic rings. The number of hydrogen-bond acceptors (Lipinski definition) is 4. The number of benzene rings is 1. The SMILES string of the molecule is CC(N)CCNC(=O)c1ccccc1SCC(=O)N1CCCC1.Cl. The maximum Gasteiger partial charge on any atom is 0.252 e. The first-order valence-electron chi connectivity index (χ1n) is 8.11. The number of likely N-dealkylation sites (tertiary alicyclic amines) is 1. The number of halogens is 1. The van der Waals surface area contributed by atoms with Gasteiger partial charge in [0.25, 0.3) is 5.91 Å². The van der Waals surface area contributed by atoms with Crippen molar-refractivity contribution in [2.45, 2.75) is 37.1 Å². The van der Waals surface area contributed by atoms with Crippen LogP contribution in [0.5, 0.6) is 0 Å². The highest BCUT2D eigenvalue weighted by Gasteiger charge is 2.19. The first kappa shape index (κ1) is 20.8. The number of hydrogen-bond donors (Lipinski definition) is 2. The van der Waals surface area contributed by atoms with Gasteiger partial charge in [-0.15, -0.1) is 24.2 Å². The molecule has 1 atom stereocenters. The minimum absolute atomic E-state index is 0. The second-order valence-electron chi connectivity index (χ2n) is 5.89. The van der Waals surface area contributed by atoms with Crippen LogP contribution in [0, 0.1) is 0 Å². The van der Waals surface area contributed by atoms with E-state index in [0.29, 0.717) is 17.9 Å². The third-order valence-electron chi connectivity index (χ3n) is 3.83. The minimum atomic E-state index is -0.109. The molecule has 1 saturated heterocycles. The van der Waals surface area contributed by atoms with Crippen molar-refractivity contribution >= 4 is 36.0 Å². The Morgan fingerprint density at radius 1 is 1.29 bits per heavy atom. The molecule has 1 aromatic carbocycles. The van der Waals surface area contributed by atoms with Gasteiger partial charge < -0.3 is 16.0 Å². The molecular formula is C17H26ClN3O2S. The number of nitrogens with zero attached hydrogens (tertiary/aromatic N) is 1. The molecule has 2 amide bonds. The Labute approximate surface area is 154 Å². The van der Waals surface area contributed by atoms with Gasteiger partial charge in [0.1, 0.15) is 0 Å². The van der Waals surface area contributed by atoms with Gasteiger partial charge in [-0.3, -0.25) is 9.59 Å². The maximum atomic E-state index is 12.3. The standard InChI is InChI=1S/C17H25N3O2S.ClH/c1-13(18)8-9-19-17(22)14-6-2-3-7-15(14)23-12-16(21)20-10-4-5-11-20;/h2-3,6-7,13H,4-5,8-12,18H2,1H3,(H,19,22);1H. The predicted molar refractivity (Wildman–Crippen MR) is 101 cm³/mol. The molecular weight excluding hydrogens is 346 g/mol. The second kappa shape index (κ2) is 10.6. The molecule has 0 aliphatic carbocycles. The Bertz CT molecular complexity index is 548. The maximum absolute atomic E-state index is 12.3. The second-order valence-corrected chi connectivity index (χ2v) is 6.91. The lowest BCUT2D eigenvalue weighted by molar-refractivity contribution is -0.127. The van der Waals surface area contributed by atoms with Crippen LogP contribution in [0.4, 0.5) is 0 Å². The van der Waals surface area contributed by atoms with Gasteiger partial charge >= 0.3 is 0 Å². The third-order valence-corrected chi connectivity index (χ3v) is 4.89. The van der Waals surface area contributed by atoms with Crippen LogP contribution < -0.4 is 11.1 Å². The normalized spacial score (nSPS) is 14.8. The highest BCUT2D eigenvalue weighted by Crippen LogP contribution is 2.23. The van der Waals surface area contributed by atoms with Crippen LogP contribution in [-0.2, 0) is 4.79 Å². The molecule has 0 aromatic heterocycles. The van der Waals surface area contributed by atoms with E-state index >= 15 is 0 Å². The molecule has 7 heteroatoms. The smallest absolute Gasteiger partial charge is 0.252 e. The molecule has 1 aliphatic rings. The van der Waals surface area contributed by atoms with Crippen molar-refractivity contribution in [2.75, 3.05) is 25.4 Å². The summed E-state index contributed by atoms with van der Waals surface area (Å²) in [6.07, 6.45) is 2.93. The van der Waals surface area contributed by atoms with Gasteiger partial charge in [0.2, 0.25) is 5.91 Å². The largest absolute Gasteiger partial charge is 0.352 e. The summed E-state index contributed by atoms with van der Waals surface area (Å²) in [6, 6.07) is 7.48. The van der Waals surface area contributed by atoms with E-state index in [1.165, 1.54) is 11.8 Å². The molecule has 1 heterocycles. The molecule has 1 unspecified atom stereocenters. The summed E-state index contributed by atoms with van der Waals surface area (Å²) in [4.78, 5) is 27.2. The van der Waals surface area contributed by atoms with E-state index in [2.05, 4.69) is 5.32 Å². The van der Waals surface area contributed by atoms with Gasteiger partial charge in [0.15, 0.2) is 0 Å². The Balaban J connectivity index is 0.00000288. The van der Waals surface area contributed by atoms with Crippen LogP contribution in [0.2, 0.25) is 0 Å². The molecule has 3 N–H and O–H groups in total. The van der Waals surface area contributed by atoms with Gasteiger partial charge in [-0.2, -0.15) is 0 Å². The van der Waals surface area contributed by atoms with Crippen molar-refractivity contribution < 1.29 is 9.59 Å². The monoisotopic (exact) mass is 371 g/mol. The van der Waals surface area contributed by atoms with Crippen molar-refractivity contribution in [3.05, 3.63) is 29.8 Å². The Kier molecular flexibility index (Phi) is 9.18. The zero-order valence-electron chi connectivity index (χ0n) is 14.0. The first-order chi connectivity index (χ1) is 11.1. The number of rotatable bonds is 7. The van der Waals surface area contributed by atoms with E-state index < -0.39 is 0 Å². The van der Waals surface area contributed by atoms with E-state index in [9.17, 15) is 9.59 Å². The molecule has 2 rings (SSSR count). The molecule has 0 spiro atoms. The van der Waals surface area contributed by atoms with Crippen LogP contribution in [-0.4, -0.2) is 48.1 Å². The molecule has 0 bridgehead atoms. The summed E-state index contributed by atoms with van der Waals surface area (Å²) in [6.45, 7) is 4.19. The summed E-state index contributed by atoms with van der Waals surface area (Å²) in [5.41, 5.74) is 6.31. The average molecular weight is 372 g/mol. The zero-order valence-corrected chi connectivity index (χ0v) is 15.6. The lowest BCUT2D eigenvalue weighted by Crippen LogP contribution is -2.30. The lowest BCUT2D eigenvalue weighted by Gasteiger charge is -2.15. The number of nitrogens with one attached hydrogen (secondary N) is 1.